The van der Waals surface area contributed by atoms with Crippen molar-refractivity contribution < 1.29 is 4.79 Å². The van der Waals surface area contributed by atoms with Gasteiger partial charge < -0.3 is 5.32 Å². The summed E-state index contributed by atoms with van der Waals surface area (Å²) in [6, 6.07) is 10.1. The molecule has 1 aromatic heterocycles. The van der Waals surface area contributed by atoms with Crippen LogP contribution in [0.3, 0.4) is 0 Å². The molecule has 25 heavy (non-hydrogen) atoms. The summed E-state index contributed by atoms with van der Waals surface area (Å²) in [5.74, 6) is 0.860. The summed E-state index contributed by atoms with van der Waals surface area (Å²) < 4.78 is 0. The third-order valence-electron chi connectivity index (χ3n) is 5.41. The third kappa shape index (κ3) is 3.62. The van der Waals surface area contributed by atoms with E-state index in [1.165, 1.54) is 24.2 Å². The molecule has 0 radical (unpaired) electrons. The molecule has 1 aliphatic heterocycles. The first-order valence-corrected chi connectivity index (χ1v) is 10.1. The zero-order valence-corrected chi connectivity index (χ0v) is 15.5. The van der Waals surface area contributed by atoms with Gasteiger partial charge in [-0.15, -0.1) is 11.3 Å². The quantitative estimate of drug-likeness (QED) is 0.880. The Bertz CT molecular complexity index is 738. The lowest BCUT2D eigenvalue weighted by Crippen LogP contribution is -2.33. The molecule has 4 rings (SSSR count). The highest BCUT2D eigenvalue weighted by atomic mass is 32.1. The molecular weight excluding hydrogens is 330 g/mol. The van der Waals surface area contributed by atoms with E-state index >= 15 is 0 Å². The number of piperidine rings is 1. The van der Waals surface area contributed by atoms with Crippen molar-refractivity contribution in [3.63, 3.8) is 0 Å². The normalized spacial score (nSPS) is 22.5. The minimum atomic E-state index is -0.338. The predicted molar refractivity (Wildman–Crippen MR) is 102 cm³/mol. The monoisotopic (exact) mass is 355 g/mol. The standard InChI is InChI=1S/C20H25N3OS/c1-15-6-5-11-23(12-15)13-17-14-25-19(21-17)22-18(24)20(9-10-20)16-7-3-2-4-8-16/h2-4,7-8,14-15H,5-6,9-13H2,1H3,(H,21,22,24). The SMILES string of the molecule is CC1CCCN(Cc2csc(NC(=O)C3(c4ccccc4)CC3)n2)C1. The van der Waals surface area contributed by atoms with Crippen molar-refractivity contribution in [1.29, 1.82) is 0 Å². The van der Waals surface area contributed by atoms with Crippen molar-refractivity contribution in [1.82, 2.24) is 9.88 Å². The van der Waals surface area contributed by atoms with Gasteiger partial charge in [0, 0.05) is 18.5 Å². The van der Waals surface area contributed by atoms with Gasteiger partial charge in [-0.2, -0.15) is 0 Å². The lowest BCUT2D eigenvalue weighted by molar-refractivity contribution is -0.118. The number of likely N-dealkylation sites (tertiary alicyclic amines) is 1. The Morgan fingerprint density at radius 1 is 1.36 bits per heavy atom. The Kier molecular flexibility index (Phi) is 4.61. The van der Waals surface area contributed by atoms with Crippen molar-refractivity contribution >= 4 is 22.4 Å². The van der Waals surface area contributed by atoms with E-state index in [-0.39, 0.29) is 11.3 Å². The van der Waals surface area contributed by atoms with Crippen molar-refractivity contribution in [2.24, 2.45) is 5.92 Å². The number of carbonyl (C=O) groups excluding carboxylic acids is 1. The maximum atomic E-state index is 12.8. The van der Waals surface area contributed by atoms with Gasteiger partial charge in [-0.1, -0.05) is 37.3 Å². The summed E-state index contributed by atoms with van der Waals surface area (Å²) in [5, 5.41) is 5.87. The zero-order chi connectivity index (χ0) is 17.3. The van der Waals surface area contributed by atoms with Crippen LogP contribution in [0.1, 0.15) is 43.9 Å². The summed E-state index contributed by atoms with van der Waals surface area (Å²) in [6.45, 7) is 5.51. The largest absolute Gasteiger partial charge is 0.301 e. The first-order valence-electron chi connectivity index (χ1n) is 9.19. The number of hydrogen-bond acceptors (Lipinski definition) is 4. The number of carbonyl (C=O) groups is 1. The molecule has 1 atom stereocenters. The molecule has 5 heteroatoms. The zero-order valence-electron chi connectivity index (χ0n) is 14.7. The molecule has 1 amide bonds. The molecule has 132 valence electrons. The summed E-state index contributed by atoms with van der Waals surface area (Å²) in [4.78, 5) is 19.9. The molecule has 0 bridgehead atoms. The molecule has 1 aliphatic carbocycles. The molecule has 1 unspecified atom stereocenters. The van der Waals surface area contributed by atoms with Gasteiger partial charge in [-0.3, -0.25) is 9.69 Å². The number of nitrogens with zero attached hydrogens (tertiary/aromatic N) is 2. The molecule has 1 N–H and O–H groups in total. The van der Waals surface area contributed by atoms with Crippen LogP contribution in [0.2, 0.25) is 0 Å². The van der Waals surface area contributed by atoms with E-state index in [2.05, 4.69) is 39.6 Å². The first kappa shape index (κ1) is 16.7. The van der Waals surface area contributed by atoms with Crippen LogP contribution in [0.5, 0.6) is 0 Å². The molecule has 2 fully saturated rings. The van der Waals surface area contributed by atoms with Gasteiger partial charge in [0.25, 0.3) is 0 Å². The second-order valence-corrected chi connectivity index (χ2v) is 8.39. The Morgan fingerprint density at radius 2 is 2.16 bits per heavy atom. The van der Waals surface area contributed by atoms with Gasteiger partial charge in [0.2, 0.25) is 5.91 Å². The summed E-state index contributed by atoms with van der Waals surface area (Å²) in [6.07, 6.45) is 4.45. The first-order chi connectivity index (χ1) is 12.2. The van der Waals surface area contributed by atoms with E-state index < -0.39 is 0 Å². The summed E-state index contributed by atoms with van der Waals surface area (Å²) >= 11 is 1.54. The lowest BCUT2D eigenvalue weighted by Gasteiger charge is -2.30. The lowest BCUT2D eigenvalue weighted by atomic mass is 9.95. The fraction of sp³-hybridized carbons (Fsp3) is 0.500. The Balaban J connectivity index is 1.39. The summed E-state index contributed by atoms with van der Waals surface area (Å²) in [5.41, 5.74) is 1.85. The molecule has 0 spiro atoms. The number of rotatable bonds is 5. The van der Waals surface area contributed by atoms with Gasteiger partial charge in [0.1, 0.15) is 0 Å². The van der Waals surface area contributed by atoms with Crippen molar-refractivity contribution in [3.8, 4) is 0 Å². The van der Waals surface area contributed by atoms with E-state index in [0.29, 0.717) is 0 Å². The third-order valence-corrected chi connectivity index (χ3v) is 6.22. The van der Waals surface area contributed by atoms with Gasteiger partial charge in [-0.05, 0) is 43.7 Å². The molecular formula is C20H25N3OS. The fourth-order valence-corrected chi connectivity index (χ4v) is 4.54. The minimum Gasteiger partial charge on any atom is -0.301 e. The van der Waals surface area contributed by atoms with E-state index in [1.54, 1.807) is 0 Å². The van der Waals surface area contributed by atoms with Crippen LogP contribution in [0.25, 0.3) is 0 Å². The van der Waals surface area contributed by atoms with Crippen LogP contribution in [0.15, 0.2) is 35.7 Å². The number of aromatic nitrogens is 1. The van der Waals surface area contributed by atoms with E-state index in [9.17, 15) is 4.79 Å². The van der Waals surface area contributed by atoms with Crippen LogP contribution in [0, 0.1) is 5.92 Å². The number of hydrogen-bond donors (Lipinski definition) is 1. The maximum Gasteiger partial charge on any atom is 0.236 e. The topological polar surface area (TPSA) is 45.2 Å². The number of amides is 1. The van der Waals surface area contributed by atoms with E-state index in [1.807, 2.05) is 18.2 Å². The number of benzene rings is 1. The van der Waals surface area contributed by atoms with E-state index in [0.717, 1.165) is 54.8 Å². The van der Waals surface area contributed by atoms with Crippen LogP contribution in [-0.2, 0) is 16.8 Å². The van der Waals surface area contributed by atoms with Gasteiger partial charge >= 0.3 is 0 Å². The van der Waals surface area contributed by atoms with Crippen molar-refractivity contribution in [2.45, 2.75) is 44.6 Å². The number of anilines is 1. The summed E-state index contributed by atoms with van der Waals surface area (Å²) in [7, 11) is 0. The highest BCUT2D eigenvalue weighted by Crippen LogP contribution is 2.49. The molecule has 1 saturated carbocycles. The predicted octanol–water partition coefficient (Wildman–Crippen LogP) is 4.05. The molecule has 2 aliphatic rings. The van der Waals surface area contributed by atoms with Gasteiger partial charge in [0.05, 0.1) is 11.1 Å². The molecule has 2 aromatic rings. The van der Waals surface area contributed by atoms with Crippen LogP contribution in [0.4, 0.5) is 5.13 Å². The average Bonchev–Trinajstić information content (AvgIpc) is 3.32. The second-order valence-electron chi connectivity index (χ2n) is 7.53. The van der Waals surface area contributed by atoms with Crippen LogP contribution in [-0.4, -0.2) is 28.9 Å². The van der Waals surface area contributed by atoms with Crippen molar-refractivity contribution in [2.75, 3.05) is 18.4 Å². The van der Waals surface area contributed by atoms with Gasteiger partial charge in [0.15, 0.2) is 5.13 Å². The highest BCUT2D eigenvalue weighted by molar-refractivity contribution is 7.13. The van der Waals surface area contributed by atoms with Crippen molar-refractivity contribution in [3.05, 3.63) is 47.0 Å². The van der Waals surface area contributed by atoms with E-state index in [4.69, 9.17) is 0 Å². The molecule has 4 nitrogen and oxygen atoms in total. The Labute approximate surface area is 153 Å². The highest BCUT2D eigenvalue weighted by Gasteiger charge is 2.51. The molecule has 1 saturated heterocycles. The minimum absolute atomic E-state index is 0.0891. The maximum absolute atomic E-state index is 12.8. The molecule has 2 heterocycles. The Morgan fingerprint density at radius 3 is 2.88 bits per heavy atom. The van der Waals surface area contributed by atoms with Crippen LogP contribution >= 0.6 is 11.3 Å². The Hall–Kier alpha value is -1.72. The average molecular weight is 356 g/mol. The fourth-order valence-electron chi connectivity index (χ4n) is 3.84. The number of thiazole rings is 1. The van der Waals surface area contributed by atoms with Crippen LogP contribution < -0.4 is 5.32 Å². The van der Waals surface area contributed by atoms with Gasteiger partial charge in [-0.25, -0.2) is 4.98 Å². The molecule has 1 aromatic carbocycles. The smallest absolute Gasteiger partial charge is 0.236 e. The number of nitrogens with one attached hydrogen (secondary N) is 1. The second kappa shape index (κ2) is 6.89.